The fourth-order valence-corrected chi connectivity index (χ4v) is 3.02. The molecule has 5 heteroatoms. The van der Waals surface area contributed by atoms with Gasteiger partial charge < -0.3 is 15.3 Å². The number of carbonyl (C=O) groups excluding carboxylic acids is 2. The Hall–Kier alpha value is -1.88. The Morgan fingerprint density at radius 2 is 2.05 bits per heavy atom. The molecule has 0 saturated carbocycles. The first kappa shape index (κ1) is 14.1. The molecule has 0 bridgehead atoms. The molecule has 0 aliphatic carbocycles. The van der Waals surface area contributed by atoms with E-state index in [4.69, 9.17) is 5.11 Å². The van der Waals surface area contributed by atoms with Crippen LogP contribution in [0, 0.1) is 5.92 Å². The van der Waals surface area contributed by atoms with E-state index in [0.717, 1.165) is 24.1 Å². The van der Waals surface area contributed by atoms with Crippen molar-refractivity contribution in [3.63, 3.8) is 0 Å². The van der Waals surface area contributed by atoms with Crippen LogP contribution < -0.4 is 5.32 Å². The molecule has 1 saturated heterocycles. The van der Waals surface area contributed by atoms with Gasteiger partial charge in [-0.3, -0.25) is 9.59 Å². The first-order valence-corrected chi connectivity index (χ1v) is 7.50. The number of hydrogen-bond acceptors (Lipinski definition) is 3. The minimum Gasteiger partial charge on any atom is -0.396 e. The Morgan fingerprint density at radius 1 is 1.29 bits per heavy atom. The second kappa shape index (κ2) is 5.85. The van der Waals surface area contributed by atoms with Crippen LogP contribution in [0.4, 0.5) is 5.69 Å². The first-order chi connectivity index (χ1) is 10.2. The lowest BCUT2D eigenvalue weighted by atomic mass is 9.96. The second-order valence-corrected chi connectivity index (χ2v) is 5.84. The predicted octanol–water partition coefficient (Wildman–Crippen LogP) is 1.42. The van der Waals surface area contributed by atoms with Crippen LogP contribution in [0.15, 0.2) is 18.2 Å². The zero-order valence-electron chi connectivity index (χ0n) is 12.0. The number of aryl methyl sites for hydroxylation is 1. The van der Waals surface area contributed by atoms with Gasteiger partial charge in [0.1, 0.15) is 0 Å². The number of piperidine rings is 1. The number of aliphatic hydroxyl groups is 1. The molecule has 2 aliphatic rings. The maximum absolute atomic E-state index is 12.5. The molecule has 21 heavy (non-hydrogen) atoms. The highest BCUT2D eigenvalue weighted by atomic mass is 16.3. The van der Waals surface area contributed by atoms with Crippen LogP contribution in [-0.4, -0.2) is 41.5 Å². The van der Waals surface area contributed by atoms with E-state index in [1.165, 1.54) is 0 Å². The lowest BCUT2D eigenvalue weighted by Gasteiger charge is -2.31. The van der Waals surface area contributed by atoms with Crippen molar-refractivity contribution in [2.75, 3.05) is 25.0 Å². The van der Waals surface area contributed by atoms with E-state index in [-0.39, 0.29) is 18.4 Å². The predicted molar refractivity (Wildman–Crippen MR) is 79.1 cm³/mol. The maximum atomic E-state index is 12.5. The summed E-state index contributed by atoms with van der Waals surface area (Å²) in [6, 6.07) is 5.50. The molecule has 112 valence electrons. The lowest BCUT2D eigenvalue weighted by Crippen LogP contribution is -2.39. The number of aliphatic hydroxyl groups excluding tert-OH is 1. The van der Waals surface area contributed by atoms with Crippen LogP contribution >= 0.6 is 0 Å². The standard InChI is InChI=1S/C16H20N2O3/c19-10-11-5-7-18(8-6-11)16(21)13-1-3-14-12(9-13)2-4-15(20)17-14/h1,3,9,11,19H,2,4-8,10H2,(H,17,20). The summed E-state index contributed by atoms with van der Waals surface area (Å²) in [5, 5.41) is 12.0. The van der Waals surface area contributed by atoms with Crippen molar-refractivity contribution in [3.05, 3.63) is 29.3 Å². The summed E-state index contributed by atoms with van der Waals surface area (Å²) in [7, 11) is 0. The summed E-state index contributed by atoms with van der Waals surface area (Å²) >= 11 is 0. The van der Waals surface area contributed by atoms with Crippen LogP contribution in [0.1, 0.15) is 35.2 Å². The second-order valence-electron chi connectivity index (χ2n) is 5.84. The quantitative estimate of drug-likeness (QED) is 0.864. The Bertz CT molecular complexity index is 563. The first-order valence-electron chi connectivity index (χ1n) is 7.50. The Kier molecular flexibility index (Phi) is 3.92. The van der Waals surface area contributed by atoms with E-state index in [2.05, 4.69) is 5.32 Å². The van der Waals surface area contributed by atoms with Crippen LogP contribution in [0.3, 0.4) is 0 Å². The van der Waals surface area contributed by atoms with E-state index >= 15 is 0 Å². The van der Waals surface area contributed by atoms with Gasteiger partial charge in [0.2, 0.25) is 5.91 Å². The minimum atomic E-state index is 0.0349. The largest absolute Gasteiger partial charge is 0.396 e. The van der Waals surface area contributed by atoms with Crippen LogP contribution in [-0.2, 0) is 11.2 Å². The molecule has 3 rings (SSSR count). The van der Waals surface area contributed by atoms with Gasteiger partial charge in [-0.25, -0.2) is 0 Å². The summed E-state index contributed by atoms with van der Waals surface area (Å²) in [6.45, 7) is 1.62. The number of likely N-dealkylation sites (tertiary alicyclic amines) is 1. The van der Waals surface area contributed by atoms with Crippen LogP contribution in [0.2, 0.25) is 0 Å². The van der Waals surface area contributed by atoms with Crippen molar-refractivity contribution in [2.24, 2.45) is 5.92 Å². The fourth-order valence-electron chi connectivity index (χ4n) is 3.02. The van der Waals surface area contributed by atoms with Crippen molar-refractivity contribution in [1.82, 2.24) is 4.90 Å². The molecule has 0 spiro atoms. The van der Waals surface area contributed by atoms with Gasteiger partial charge in [-0.1, -0.05) is 0 Å². The highest BCUT2D eigenvalue weighted by Crippen LogP contribution is 2.25. The number of amides is 2. The van der Waals surface area contributed by atoms with Gasteiger partial charge in [0, 0.05) is 37.4 Å². The normalized spacial score (nSPS) is 19.1. The maximum Gasteiger partial charge on any atom is 0.253 e. The molecule has 2 aliphatic heterocycles. The monoisotopic (exact) mass is 288 g/mol. The summed E-state index contributed by atoms with van der Waals surface area (Å²) in [4.78, 5) is 25.7. The summed E-state index contributed by atoms with van der Waals surface area (Å²) in [5.41, 5.74) is 2.54. The molecule has 2 N–H and O–H groups in total. The number of fused-ring (bicyclic) bond motifs is 1. The van der Waals surface area contributed by atoms with Gasteiger partial charge in [0.05, 0.1) is 0 Å². The Balaban J connectivity index is 1.72. The Morgan fingerprint density at radius 3 is 2.76 bits per heavy atom. The lowest BCUT2D eigenvalue weighted by molar-refractivity contribution is -0.116. The molecule has 1 fully saturated rings. The minimum absolute atomic E-state index is 0.0349. The van der Waals surface area contributed by atoms with Crippen LogP contribution in [0.5, 0.6) is 0 Å². The van der Waals surface area contributed by atoms with Gasteiger partial charge in [-0.15, -0.1) is 0 Å². The van der Waals surface area contributed by atoms with Crippen molar-refractivity contribution in [2.45, 2.75) is 25.7 Å². The van der Waals surface area contributed by atoms with E-state index < -0.39 is 0 Å². The molecule has 0 atom stereocenters. The van der Waals surface area contributed by atoms with Gasteiger partial charge in [0.15, 0.2) is 0 Å². The third-order valence-electron chi connectivity index (χ3n) is 4.41. The van der Waals surface area contributed by atoms with Gasteiger partial charge in [-0.05, 0) is 48.9 Å². The molecule has 1 aromatic rings. The van der Waals surface area contributed by atoms with Crippen molar-refractivity contribution in [3.8, 4) is 0 Å². The fraction of sp³-hybridized carbons (Fsp3) is 0.500. The van der Waals surface area contributed by atoms with Gasteiger partial charge >= 0.3 is 0 Å². The molecule has 0 unspecified atom stereocenters. The third kappa shape index (κ3) is 2.93. The molecule has 5 nitrogen and oxygen atoms in total. The number of hydrogen-bond donors (Lipinski definition) is 2. The topological polar surface area (TPSA) is 69.6 Å². The van der Waals surface area contributed by atoms with E-state index in [1.807, 2.05) is 17.0 Å². The van der Waals surface area contributed by atoms with E-state index in [9.17, 15) is 9.59 Å². The molecular formula is C16H20N2O3. The summed E-state index contributed by atoms with van der Waals surface area (Å²) in [6.07, 6.45) is 2.90. The zero-order chi connectivity index (χ0) is 14.8. The molecule has 2 heterocycles. The SMILES string of the molecule is O=C1CCc2cc(C(=O)N3CCC(CO)CC3)ccc2N1. The van der Waals surface area contributed by atoms with Crippen LogP contribution in [0.25, 0.3) is 0 Å². The molecule has 2 amide bonds. The van der Waals surface area contributed by atoms with Crippen molar-refractivity contribution in [1.29, 1.82) is 0 Å². The Labute approximate surface area is 123 Å². The third-order valence-corrected chi connectivity index (χ3v) is 4.41. The summed E-state index contributed by atoms with van der Waals surface area (Å²) < 4.78 is 0. The van der Waals surface area contributed by atoms with Crippen molar-refractivity contribution < 1.29 is 14.7 Å². The molecule has 0 aromatic heterocycles. The zero-order valence-corrected chi connectivity index (χ0v) is 12.0. The average molecular weight is 288 g/mol. The molecule has 0 radical (unpaired) electrons. The number of carbonyl (C=O) groups is 2. The van der Waals surface area contributed by atoms with Crippen molar-refractivity contribution >= 4 is 17.5 Å². The van der Waals surface area contributed by atoms with Gasteiger partial charge in [0.25, 0.3) is 5.91 Å². The summed E-state index contributed by atoms with van der Waals surface area (Å²) in [5.74, 6) is 0.409. The van der Waals surface area contributed by atoms with Gasteiger partial charge in [-0.2, -0.15) is 0 Å². The number of benzene rings is 1. The average Bonchev–Trinajstić information content (AvgIpc) is 2.53. The molecular weight excluding hydrogens is 268 g/mol. The number of nitrogens with zero attached hydrogens (tertiary/aromatic N) is 1. The van der Waals surface area contributed by atoms with E-state index in [0.29, 0.717) is 37.4 Å². The van der Waals surface area contributed by atoms with E-state index in [1.54, 1.807) is 6.07 Å². The molecule has 1 aromatic carbocycles. The number of nitrogens with one attached hydrogen (secondary N) is 1. The highest BCUT2D eigenvalue weighted by Gasteiger charge is 2.24. The number of anilines is 1. The smallest absolute Gasteiger partial charge is 0.253 e. The number of rotatable bonds is 2. The highest BCUT2D eigenvalue weighted by molar-refractivity contribution is 5.98.